The molecule has 4 heteroatoms. The van der Waals surface area contributed by atoms with E-state index in [0.717, 1.165) is 5.56 Å². The van der Waals surface area contributed by atoms with Crippen molar-refractivity contribution < 1.29 is 14.3 Å². The van der Waals surface area contributed by atoms with Gasteiger partial charge in [-0.15, -0.1) is 0 Å². The van der Waals surface area contributed by atoms with Crippen molar-refractivity contribution in [3.8, 4) is 0 Å². The number of hydrogen-bond acceptors (Lipinski definition) is 3. The van der Waals surface area contributed by atoms with Crippen molar-refractivity contribution in [3.63, 3.8) is 0 Å². The number of carbonyl (C=O) groups excluding carboxylic acids is 2. The number of ketones is 1. The van der Waals surface area contributed by atoms with E-state index in [9.17, 15) is 9.59 Å². The Balaban J connectivity index is 2.25. The average Bonchev–Trinajstić information content (AvgIpc) is 2.57. The van der Waals surface area contributed by atoms with Crippen molar-refractivity contribution >= 4 is 29.4 Å². The molecule has 0 radical (unpaired) electrons. The van der Waals surface area contributed by atoms with E-state index >= 15 is 0 Å². The summed E-state index contributed by atoms with van der Waals surface area (Å²) in [6.45, 7) is 1.99. The molecular formula is C19H17ClO3. The second-order valence-electron chi connectivity index (χ2n) is 4.91. The Morgan fingerprint density at radius 2 is 1.70 bits per heavy atom. The van der Waals surface area contributed by atoms with Crippen LogP contribution in [-0.2, 0) is 9.53 Å². The lowest BCUT2D eigenvalue weighted by atomic mass is 10.0. The molecule has 0 amide bonds. The molecule has 0 aromatic heterocycles. The number of benzene rings is 2. The first-order valence-corrected chi connectivity index (χ1v) is 7.69. The van der Waals surface area contributed by atoms with Gasteiger partial charge in [0.25, 0.3) is 0 Å². The van der Waals surface area contributed by atoms with Crippen LogP contribution in [0.4, 0.5) is 0 Å². The van der Waals surface area contributed by atoms with Crippen LogP contribution in [0.2, 0.25) is 5.02 Å². The van der Waals surface area contributed by atoms with Crippen LogP contribution in [0.1, 0.15) is 29.3 Å². The van der Waals surface area contributed by atoms with E-state index in [1.165, 1.54) is 0 Å². The number of Topliss-reactive ketones (excluding diaryl/α,β-unsaturated/α-hetero) is 1. The molecule has 0 heterocycles. The number of rotatable bonds is 6. The highest BCUT2D eigenvalue weighted by Gasteiger charge is 2.16. The van der Waals surface area contributed by atoms with Gasteiger partial charge >= 0.3 is 5.97 Å². The van der Waals surface area contributed by atoms with E-state index in [-0.39, 0.29) is 18.8 Å². The molecule has 0 saturated carbocycles. The second kappa shape index (κ2) is 8.30. The number of hydrogen-bond donors (Lipinski definition) is 0. The zero-order valence-corrected chi connectivity index (χ0v) is 13.5. The summed E-state index contributed by atoms with van der Waals surface area (Å²) in [5, 5.41) is 0.611. The average molecular weight is 329 g/mol. The van der Waals surface area contributed by atoms with Crippen LogP contribution in [0.5, 0.6) is 0 Å². The summed E-state index contributed by atoms with van der Waals surface area (Å²) in [5.74, 6) is -0.606. The number of halogens is 1. The molecule has 118 valence electrons. The Labute approximate surface area is 140 Å². The van der Waals surface area contributed by atoms with Crippen molar-refractivity contribution in [2.45, 2.75) is 13.3 Å². The number of esters is 1. The minimum absolute atomic E-state index is 0.00846. The van der Waals surface area contributed by atoms with Crippen molar-refractivity contribution in [1.82, 2.24) is 0 Å². The van der Waals surface area contributed by atoms with E-state index in [4.69, 9.17) is 16.3 Å². The molecule has 0 spiro atoms. The third-order valence-corrected chi connectivity index (χ3v) is 3.45. The van der Waals surface area contributed by atoms with Gasteiger partial charge in [0, 0.05) is 22.6 Å². The highest BCUT2D eigenvalue weighted by Crippen LogP contribution is 2.17. The molecule has 0 fully saturated rings. The molecule has 2 aromatic carbocycles. The maximum absolute atomic E-state index is 12.3. The lowest BCUT2D eigenvalue weighted by molar-refractivity contribution is -0.138. The minimum atomic E-state index is -0.480. The van der Waals surface area contributed by atoms with Crippen LogP contribution in [0.15, 0.2) is 60.2 Å². The van der Waals surface area contributed by atoms with Gasteiger partial charge < -0.3 is 4.74 Å². The predicted molar refractivity (Wildman–Crippen MR) is 91.5 cm³/mol. The van der Waals surface area contributed by atoms with Crippen LogP contribution >= 0.6 is 11.6 Å². The Kier molecular flexibility index (Phi) is 6.12. The molecular weight excluding hydrogens is 312 g/mol. The van der Waals surface area contributed by atoms with Gasteiger partial charge in [-0.25, -0.2) is 4.79 Å². The van der Waals surface area contributed by atoms with Crippen LogP contribution in [0.25, 0.3) is 6.08 Å². The van der Waals surface area contributed by atoms with Crippen molar-refractivity contribution in [2.75, 3.05) is 6.61 Å². The number of carbonyl (C=O) groups is 2. The van der Waals surface area contributed by atoms with Crippen LogP contribution < -0.4 is 0 Å². The van der Waals surface area contributed by atoms with Crippen molar-refractivity contribution in [3.05, 3.63) is 76.3 Å². The second-order valence-corrected chi connectivity index (χ2v) is 5.34. The van der Waals surface area contributed by atoms with Gasteiger partial charge in [-0.2, -0.15) is 0 Å². The third-order valence-electron chi connectivity index (χ3n) is 3.20. The normalized spacial score (nSPS) is 11.1. The summed E-state index contributed by atoms with van der Waals surface area (Å²) < 4.78 is 5.05. The fourth-order valence-corrected chi connectivity index (χ4v) is 2.19. The van der Waals surface area contributed by atoms with Crippen LogP contribution in [0.3, 0.4) is 0 Å². The molecule has 23 heavy (non-hydrogen) atoms. The Bertz CT molecular complexity index is 703. The van der Waals surface area contributed by atoms with Crippen molar-refractivity contribution in [1.29, 1.82) is 0 Å². The standard InChI is InChI=1S/C19H17ClO3/c1-2-23-19(22)16(12-14-8-10-17(20)11-9-14)13-18(21)15-6-4-3-5-7-15/h3-12H,2,13H2,1H3/b16-12+. The number of ether oxygens (including phenoxy) is 1. The topological polar surface area (TPSA) is 43.4 Å². The van der Waals surface area contributed by atoms with Gasteiger partial charge in [0.15, 0.2) is 5.78 Å². The van der Waals surface area contributed by atoms with Gasteiger partial charge in [-0.1, -0.05) is 54.1 Å². The first-order valence-electron chi connectivity index (χ1n) is 7.31. The highest BCUT2D eigenvalue weighted by molar-refractivity contribution is 6.30. The summed E-state index contributed by atoms with van der Waals surface area (Å²) in [6, 6.07) is 15.9. The predicted octanol–water partition coefficient (Wildman–Crippen LogP) is 4.56. The van der Waals surface area contributed by atoms with E-state index in [1.54, 1.807) is 61.5 Å². The minimum Gasteiger partial charge on any atom is -0.463 e. The SMILES string of the molecule is CCOC(=O)/C(=C/c1ccc(Cl)cc1)CC(=O)c1ccccc1. The Hall–Kier alpha value is -2.39. The molecule has 0 unspecified atom stereocenters. The summed E-state index contributed by atoms with van der Waals surface area (Å²) in [6.07, 6.45) is 1.65. The van der Waals surface area contributed by atoms with Crippen LogP contribution in [0, 0.1) is 0 Å². The smallest absolute Gasteiger partial charge is 0.334 e. The zero-order chi connectivity index (χ0) is 16.7. The molecule has 0 aliphatic heterocycles. The third kappa shape index (κ3) is 5.08. The lowest BCUT2D eigenvalue weighted by Gasteiger charge is -2.07. The quantitative estimate of drug-likeness (QED) is 0.443. The van der Waals surface area contributed by atoms with Gasteiger partial charge in [0.05, 0.1) is 6.61 Å². The Morgan fingerprint density at radius 3 is 2.30 bits per heavy atom. The molecule has 2 aromatic rings. The molecule has 0 saturated heterocycles. The summed E-state index contributed by atoms with van der Waals surface area (Å²) >= 11 is 5.86. The van der Waals surface area contributed by atoms with Crippen molar-refractivity contribution in [2.24, 2.45) is 0 Å². The summed E-state index contributed by atoms with van der Waals surface area (Å²) in [5.41, 5.74) is 1.68. The monoisotopic (exact) mass is 328 g/mol. The molecule has 0 aliphatic rings. The van der Waals surface area contributed by atoms with Gasteiger partial charge in [-0.05, 0) is 30.7 Å². The fraction of sp³-hybridized carbons (Fsp3) is 0.158. The highest BCUT2D eigenvalue weighted by atomic mass is 35.5. The van der Waals surface area contributed by atoms with E-state index < -0.39 is 5.97 Å². The van der Waals surface area contributed by atoms with E-state index in [1.807, 2.05) is 6.07 Å². The lowest BCUT2D eigenvalue weighted by Crippen LogP contribution is -2.12. The zero-order valence-electron chi connectivity index (χ0n) is 12.8. The summed E-state index contributed by atoms with van der Waals surface area (Å²) in [4.78, 5) is 24.5. The molecule has 3 nitrogen and oxygen atoms in total. The van der Waals surface area contributed by atoms with Crippen LogP contribution in [-0.4, -0.2) is 18.4 Å². The molecule has 2 rings (SSSR count). The molecule has 0 bridgehead atoms. The first kappa shape index (κ1) is 17.0. The van der Waals surface area contributed by atoms with E-state index in [0.29, 0.717) is 16.2 Å². The molecule has 0 atom stereocenters. The first-order chi connectivity index (χ1) is 11.1. The molecule has 0 N–H and O–H groups in total. The maximum atomic E-state index is 12.3. The van der Waals surface area contributed by atoms with E-state index in [2.05, 4.69) is 0 Å². The fourth-order valence-electron chi connectivity index (χ4n) is 2.07. The van der Waals surface area contributed by atoms with Gasteiger partial charge in [-0.3, -0.25) is 4.79 Å². The van der Waals surface area contributed by atoms with Gasteiger partial charge in [0.2, 0.25) is 0 Å². The maximum Gasteiger partial charge on any atom is 0.334 e. The Morgan fingerprint density at radius 1 is 1.04 bits per heavy atom. The summed E-state index contributed by atoms with van der Waals surface area (Å²) in [7, 11) is 0. The molecule has 0 aliphatic carbocycles. The largest absolute Gasteiger partial charge is 0.463 e. The van der Waals surface area contributed by atoms with Gasteiger partial charge in [0.1, 0.15) is 0 Å².